The van der Waals surface area contributed by atoms with Gasteiger partial charge in [-0.05, 0) is 38.1 Å². The Labute approximate surface area is 117 Å². The highest BCUT2D eigenvalue weighted by atomic mass is 16.3. The maximum Gasteiger partial charge on any atom is 0.208 e. The summed E-state index contributed by atoms with van der Waals surface area (Å²) in [7, 11) is 0. The monoisotopic (exact) mass is 267 g/mol. The first-order chi connectivity index (χ1) is 9.66. The van der Waals surface area contributed by atoms with Gasteiger partial charge in [-0.3, -0.25) is 4.57 Å². The van der Waals surface area contributed by atoms with Crippen LogP contribution in [-0.4, -0.2) is 20.7 Å². The molecule has 4 nitrogen and oxygen atoms in total. The molecule has 0 spiro atoms. The van der Waals surface area contributed by atoms with E-state index in [-0.39, 0.29) is 11.8 Å². The van der Waals surface area contributed by atoms with Crippen LogP contribution in [0.2, 0.25) is 0 Å². The maximum atomic E-state index is 10.1. The van der Waals surface area contributed by atoms with Crippen LogP contribution in [0.5, 0.6) is 5.75 Å². The number of para-hydroxylation sites is 4. The van der Waals surface area contributed by atoms with Crippen LogP contribution in [0.4, 0.5) is 5.95 Å². The molecule has 3 aromatic rings. The molecule has 0 aliphatic carbocycles. The molecule has 0 saturated heterocycles. The highest BCUT2D eigenvalue weighted by Crippen LogP contribution is 2.29. The summed E-state index contributed by atoms with van der Waals surface area (Å²) in [4.78, 5) is 4.61. The molecular weight excluding hydrogens is 250 g/mol. The van der Waals surface area contributed by atoms with Crippen molar-refractivity contribution in [2.24, 2.45) is 0 Å². The summed E-state index contributed by atoms with van der Waals surface area (Å²) in [6.45, 7) is 4.13. The van der Waals surface area contributed by atoms with Gasteiger partial charge in [0.05, 0.1) is 16.7 Å². The third kappa shape index (κ3) is 2.09. The molecule has 0 radical (unpaired) electrons. The van der Waals surface area contributed by atoms with Crippen LogP contribution >= 0.6 is 0 Å². The number of benzene rings is 2. The Kier molecular flexibility index (Phi) is 3.06. The van der Waals surface area contributed by atoms with Gasteiger partial charge in [0.2, 0.25) is 5.95 Å². The van der Waals surface area contributed by atoms with Gasteiger partial charge in [-0.25, -0.2) is 4.98 Å². The molecule has 3 rings (SSSR count). The fourth-order valence-corrected chi connectivity index (χ4v) is 2.28. The number of aromatic hydroxyl groups is 1. The Bertz CT molecular complexity index is 746. The van der Waals surface area contributed by atoms with Crippen LogP contribution in [0.3, 0.4) is 0 Å². The van der Waals surface area contributed by atoms with Crippen molar-refractivity contribution in [3.05, 3.63) is 48.5 Å². The molecule has 0 atom stereocenters. The summed E-state index contributed by atoms with van der Waals surface area (Å²) in [6, 6.07) is 15.5. The smallest absolute Gasteiger partial charge is 0.208 e. The van der Waals surface area contributed by atoms with E-state index in [4.69, 9.17) is 0 Å². The van der Waals surface area contributed by atoms with E-state index in [9.17, 15) is 5.11 Å². The Morgan fingerprint density at radius 1 is 1.05 bits per heavy atom. The second-order valence-electron chi connectivity index (χ2n) is 5.05. The van der Waals surface area contributed by atoms with E-state index in [1.165, 1.54) is 0 Å². The summed E-state index contributed by atoms with van der Waals surface area (Å²) in [5.41, 5.74) is 2.60. The molecule has 1 aromatic heterocycles. The van der Waals surface area contributed by atoms with Crippen LogP contribution in [0, 0.1) is 0 Å². The third-order valence-electron chi connectivity index (χ3n) is 3.10. The molecule has 2 aromatic carbocycles. The molecule has 102 valence electrons. The summed E-state index contributed by atoms with van der Waals surface area (Å²) in [5.74, 6) is 0.977. The molecule has 0 bridgehead atoms. The minimum absolute atomic E-state index is 0.238. The van der Waals surface area contributed by atoms with E-state index in [2.05, 4.69) is 24.1 Å². The molecule has 0 amide bonds. The predicted molar refractivity (Wildman–Crippen MR) is 81.5 cm³/mol. The summed E-state index contributed by atoms with van der Waals surface area (Å²) in [5, 5.41) is 13.5. The van der Waals surface area contributed by atoms with Crippen molar-refractivity contribution in [1.29, 1.82) is 0 Å². The lowest BCUT2D eigenvalue weighted by Gasteiger charge is -2.14. The molecule has 0 aliphatic rings. The zero-order valence-electron chi connectivity index (χ0n) is 11.5. The largest absolute Gasteiger partial charge is 0.506 e. The number of rotatable bonds is 3. The number of hydrogen-bond donors (Lipinski definition) is 2. The van der Waals surface area contributed by atoms with Gasteiger partial charge in [0.25, 0.3) is 0 Å². The zero-order chi connectivity index (χ0) is 14.1. The van der Waals surface area contributed by atoms with Crippen LogP contribution in [0.25, 0.3) is 16.7 Å². The second kappa shape index (κ2) is 4.89. The van der Waals surface area contributed by atoms with Crippen molar-refractivity contribution in [1.82, 2.24) is 9.55 Å². The number of hydrogen-bond acceptors (Lipinski definition) is 3. The van der Waals surface area contributed by atoms with Crippen molar-refractivity contribution in [2.45, 2.75) is 19.9 Å². The van der Waals surface area contributed by atoms with Crippen molar-refractivity contribution in [3.63, 3.8) is 0 Å². The Morgan fingerprint density at radius 2 is 1.75 bits per heavy atom. The van der Waals surface area contributed by atoms with E-state index in [1.54, 1.807) is 6.07 Å². The Balaban J connectivity index is 2.29. The number of phenols is 1. The lowest BCUT2D eigenvalue weighted by Crippen LogP contribution is -2.14. The summed E-state index contributed by atoms with van der Waals surface area (Å²) < 4.78 is 1.95. The van der Waals surface area contributed by atoms with E-state index < -0.39 is 0 Å². The van der Waals surface area contributed by atoms with Crippen molar-refractivity contribution < 1.29 is 5.11 Å². The first-order valence-corrected chi connectivity index (χ1v) is 6.69. The number of nitrogens with one attached hydrogen (secondary N) is 1. The lowest BCUT2D eigenvalue weighted by molar-refractivity contribution is 0.473. The maximum absolute atomic E-state index is 10.1. The van der Waals surface area contributed by atoms with E-state index in [0.29, 0.717) is 0 Å². The van der Waals surface area contributed by atoms with Gasteiger partial charge in [-0.15, -0.1) is 0 Å². The number of aromatic nitrogens is 2. The average Bonchev–Trinajstić information content (AvgIpc) is 2.76. The zero-order valence-corrected chi connectivity index (χ0v) is 11.5. The summed E-state index contributed by atoms with van der Waals surface area (Å²) in [6.07, 6.45) is 0. The minimum atomic E-state index is 0.238. The molecule has 2 N–H and O–H groups in total. The topological polar surface area (TPSA) is 50.1 Å². The third-order valence-corrected chi connectivity index (χ3v) is 3.10. The number of fused-ring (bicyclic) bond motifs is 1. The number of anilines is 1. The Hall–Kier alpha value is -2.49. The van der Waals surface area contributed by atoms with E-state index in [1.807, 2.05) is 47.0 Å². The first-order valence-electron chi connectivity index (χ1n) is 6.69. The van der Waals surface area contributed by atoms with Gasteiger partial charge in [0, 0.05) is 6.04 Å². The van der Waals surface area contributed by atoms with Crippen LogP contribution in [0.1, 0.15) is 13.8 Å². The molecule has 20 heavy (non-hydrogen) atoms. The SMILES string of the molecule is CC(C)Nc1nc2ccccc2n1-c1ccccc1O. The van der Waals surface area contributed by atoms with E-state index >= 15 is 0 Å². The van der Waals surface area contributed by atoms with Crippen molar-refractivity contribution in [2.75, 3.05) is 5.32 Å². The first kappa shape index (κ1) is 12.5. The van der Waals surface area contributed by atoms with Gasteiger partial charge in [-0.1, -0.05) is 24.3 Å². The molecule has 1 heterocycles. The molecule has 0 saturated carbocycles. The summed E-state index contributed by atoms with van der Waals surface area (Å²) >= 11 is 0. The standard InChI is InChI=1S/C16H17N3O/c1-11(2)17-16-18-12-7-3-4-8-13(12)19(16)14-9-5-6-10-15(14)20/h3-11,20H,1-2H3,(H,17,18). The quantitative estimate of drug-likeness (QED) is 0.763. The Morgan fingerprint density at radius 3 is 2.50 bits per heavy atom. The highest BCUT2D eigenvalue weighted by Gasteiger charge is 2.14. The van der Waals surface area contributed by atoms with Crippen molar-refractivity contribution >= 4 is 17.0 Å². The average molecular weight is 267 g/mol. The fourth-order valence-electron chi connectivity index (χ4n) is 2.28. The van der Waals surface area contributed by atoms with Crippen LogP contribution in [0.15, 0.2) is 48.5 Å². The van der Waals surface area contributed by atoms with Crippen molar-refractivity contribution in [3.8, 4) is 11.4 Å². The molecule has 4 heteroatoms. The van der Waals surface area contributed by atoms with E-state index in [0.717, 1.165) is 22.7 Å². The second-order valence-corrected chi connectivity index (χ2v) is 5.05. The highest BCUT2D eigenvalue weighted by molar-refractivity contribution is 5.82. The van der Waals surface area contributed by atoms with Crippen LogP contribution in [-0.2, 0) is 0 Å². The normalized spacial score (nSPS) is 11.2. The van der Waals surface area contributed by atoms with Gasteiger partial charge in [-0.2, -0.15) is 0 Å². The molecular formula is C16H17N3O. The van der Waals surface area contributed by atoms with Gasteiger partial charge in [0.15, 0.2) is 0 Å². The number of nitrogens with zero attached hydrogens (tertiary/aromatic N) is 2. The lowest BCUT2D eigenvalue weighted by atomic mass is 10.2. The molecule has 0 unspecified atom stereocenters. The van der Waals surface area contributed by atoms with Gasteiger partial charge in [0.1, 0.15) is 5.75 Å². The van der Waals surface area contributed by atoms with Gasteiger partial charge >= 0.3 is 0 Å². The predicted octanol–water partition coefficient (Wildman–Crippen LogP) is 3.55. The minimum Gasteiger partial charge on any atom is -0.506 e. The number of phenolic OH excluding ortho intramolecular Hbond substituents is 1. The number of imidazole rings is 1. The molecule has 0 fully saturated rings. The molecule has 0 aliphatic heterocycles. The van der Waals surface area contributed by atoms with Gasteiger partial charge < -0.3 is 10.4 Å². The fraction of sp³-hybridized carbons (Fsp3) is 0.188. The van der Waals surface area contributed by atoms with Crippen LogP contribution < -0.4 is 5.32 Å².